The van der Waals surface area contributed by atoms with Crippen molar-refractivity contribution in [2.24, 2.45) is 11.7 Å². The number of quaternary nitrogens is 1. The molecule has 0 spiro atoms. The highest BCUT2D eigenvalue weighted by atomic mass is 16.5. The smallest absolute Gasteiger partial charge is 0.338 e. The van der Waals surface area contributed by atoms with E-state index in [0.717, 1.165) is 4.90 Å². The lowest BCUT2D eigenvalue weighted by Crippen LogP contribution is -3.17. The molecule has 0 aromatic heterocycles. The van der Waals surface area contributed by atoms with Gasteiger partial charge < -0.3 is 15.4 Å². The molecule has 0 saturated carbocycles. The zero-order valence-electron chi connectivity index (χ0n) is 15.3. The zero-order chi connectivity index (χ0) is 19.6. The van der Waals surface area contributed by atoms with Crippen molar-refractivity contribution in [1.82, 2.24) is 0 Å². The second kappa shape index (κ2) is 7.87. The molecule has 1 aromatic rings. The van der Waals surface area contributed by atoms with Gasteiger partial charge in [-0.1, -0.05) is 0 Å². The molecule has 2 aliphatic rings. The third kappa shape index (κ3) is 3.85. The molecule has 144 valence electrons. The van der Waals surface area contributed by atoms with Crippen molar-refractivity contribution in [2.75, 3.05) is 24.6 Å². The van der Waals surface area contributed by atoms with Crippen LogP contribution in [0.3, 0.4) is 0 Å². The van der Waals surface area contributed by atoms with Crippen LogP contribution >= 0.6 is 0 Å². The summed E-state index contributed by atoms with van der Waals surface area (Å²) in [7, 11) is 0. The van der Waals surface area contributed by atoms with Crippen molar-refractivity contribution in [3.63, 3.8) is 0 Å². The number of likely N-dealkylation sites (tertiary alicyclic amines) is 1. The number of nitrogens with one attached hydrogen (secondary N) is 1. The number of carbonyl (C=O) groups is 4. The number of primary amides is 1. The Morgan fingerprint density at radius 3 is 2.37 bits per heavy atom. The zero-order valence-corrected chi connectivity index (χ0v) is 15.3. The van der Waals surface area contributed by atoms with Crippen molar-refractivity contribution in [1.29, 1.82) is 0 Å². The average Bonchev–Trinajstić information content (AvgIpc) is 2.96. The van der Waals surface area contributed by atoms with E-state index in [4.69, 9.17) is 10.5 Å². The van der Waals surface area contributed by atoms with E-state index < -0.39 is 12.0 Å². The first-order valence-electron chi connectivity index (χ1n) is 9.20. The predicted octanol–water partition coefficient (Wildman–Crippen LogP) is -0.725. The number of amides is 3. The van der Waals surface area contributed by atoms with Crippen LogP contribution in [0, 0.1) is 5.92 Å². The maximum Gasteiger partial charge on any atom is 0.338 e. The van der Waals surface area contributed by atoms with E-state index in [1.165, 1.54) is 4.90 Å². The lowest BCUT2D eigenvalue weighted by Gasteiger charge is -2.30. The number of benzene rings is 1. The highest BCUT2D eigenvalue weighted by Gasteiger charge is 2.46. The quantitative estimate of drug-likeness (QED) is 0.522. The number of imide groups is 1. The molecule has 3 N–H and O–H groups in total. The molecular weight excluding hydrogens is 350 g/mol. The monoisotopic (exact) mass is 374 g/mol. The van der Waals surface area contributed by atoms with E-state index in [2.05, 4.69) is 0 Å². The molecule has 0 radical (unpaired) electrons. The Morgan fingerprint density at radius 1 is 1.19 bits per heavy atom. The third-order valence-corrected chi connectivity index (χ3v) is 5.31. The second-order valence-corrected chi connectivity index (χ2v) is 6.93. The standard InChI is InChI=1S/C19H23N3O5/c1-2-27-19(26)13-3-5-14(6-4-13)22-16(23)11-15(18(22)25)21-9-7-12(8-10-21)17(20)24/h3-6,12,15H,2,7-11H2,1H3,(H2,20,24)/p+1. The van der Waals surface area contributed by atoms with Crippen LogP contribution in [0.25, 0.3) is 0 Å². The van der Waals surface area contributed by atoms with Crippen molar-refractivity contribution in [3.8, 4) is 0 Å². The lowest BCUT2D eigenvalue weighted by molar-refractivity contribution is -0.920. The molecule has 8 nitrogen and oxygen atoms in total. The maximum absolute atomic E-state index is 12.9. The van der Waals surface area contributed by atoms with E-state index >= 15 is 0 Å². The molecule has 27 heavy (non-hydrogen) atoms. The van der Waals surface area contributed by atoms with Gasteiger partial charge in [-0.2, -0.15) is 0 Å². The summed E-state index contributed by atoms with van der Waals surface area (Å²) in [5, 5.41) is 0. The molecule has 1 unspecified atom stereocenters. The SMILES string of the molecule is CCOC(=O)c1ccc(N2C(=O)CC([NH+]3CCC(C(N)=O)CC3)C2=O)cc1. The Morgan fingerprint density at radius 2 is 1.81 bits per heavy atom. The van der Waals surface area contributed by atoms with Gasteiger partial charge in [0.25, 0.3) is 5.91 Å². The van der Waals surface area contributed by atoms with E-state index in [0.29, 0.717) is 37.2 Å². The predicted molar refractivity (Wildman–Crippen MR) is 95.9 cm³/mol. The van der Waals surface area contributed by atoms with Crippen LogP contribution < -0.4 is 15.5 Å². The summed E-state index contributed by atoms with van der Waals surface area (Å²) in [6.45, 7) is 3.29. The fourth-order valence-electron chi connectivity index (χ4n) is 3.80. The fraction of sp³-hybridized carbons (Fsp3) is 0.474. The normalized spacial score (nSPS) is 25.5. The Bertz CT molecular complexity index is 753. The minimum Gasteiger partial charge on any atom is -0.462 e. The van der Waals surface area contributed by atoms with Crippen molar-refractivity contribution < 1.29 is 28.8 Å². The number of nitrogens with two attached hydrogens (primary N) is 1. The molecule has 0 aliphatic carbocycles. The molecular formula is C19H24N3O5+. The lowest BCUT2D eigenvalue weighted by atomic mass is 9.95. The number of ether oxygens (including phenoxy) is 1. The summed E-state index contributed by atoms with van der Waals surface area (Å²) in [4.78, 5) is 50.6. The Kier molecular flexibility index (Phi) is 5.55. The van der Waals surface area contributed by atoms with Gasteiger partial charge in [0, 0.05) is 18.8 Å². The fourth-order valence-corrected chi connectivity index (χ4v) is 3.80. The number of hydrogen-bond donors (Lipinski definition) is 2. The molecule has 1 aromatic carbocycles. The minimum atomic E-state index is -0.442. The highest BCUT2D eigenvalue weighted by molar-refractivity contribution is 6.22. The van der Waals surface area contributed by atoms with Crippen LogP contribution in [-0.2, 0) is 19.1 Å². The first-order chi connectivity index (χ1) is 12.9. The van der Waals surface area contributed by atoms with Crippen molar-refractivity contribution in [2.45, 2.75) is 32.2 Å². The van der Waals surface area contributed by atoms with Gasteiger partial charge in [0.2, 0.25) is 11.8 Å². The Labute approximate surface area is 157 Å². The topological polar surface area (TPSA) is 111 Å². The van der Waals surface area contributed by atoms with Crippen LogP contribution in [0.2, 0.25) is 0 Å². The molecule has 1 atom stereocenters. The maximum atomic E-state index is 12.9. The summed E-state index contributed by atoms with van der Waals surface area (Å²) in [5.74, 6) is -1.38. The van der Waals surface area contributed by atoms with Crippen LogP contribution in [-0.4, -0.2) is 49.4 Å². The van der Waals surface area contributed by atoms with Crippen LogP contribution in [0.1, 0.15) is 36.5 Å². The number of hydrogen-bond acceptors (Lipinski definition) is 5. The van der Waals surface area contributed by atoms with Crippen LogP contribution in [0.5, 0.6) is 0 Å². The number of esters is 1. The summed E-state index contributed by atoms with van der Waals surface area (Å²) in [5.41, 5.74) is 6.18. The molecule has 0 bridgehead atoms. The third-order valence-electron chi connectivity index (χ3n) is 5.31. The molecule has 3 amide bonds. The Hall–Kier alpha value is -2.74. The number of carbonyl (C=O) groups excluding carboxylic acids is 4. The van der Waals surface area contributed by atoms with Crippen molar-refractivity contribution in [3.05, 3.63) is 29.8 Å². The van der Waals surface area contributed by atoms with Gasteiger partial charge in [0.15, 0.2) is 6.04 Å². The second-order valence-electron chi connectivity index (χ2n) is 6.93. The van der Waals surface area contributed by atoms with Crippen LogP contribution in [0.15, 0.2) is 24.3 Å². The molecule has 3 rings (SSSR count). The molecule has 2 aliphatic heterocycles. The summed E-state index contributed by atoms with van der Waals surface area (Å²) >= 11 is 0. The first-order valence-corrected chi connectivity index (χ1v) is 9.20. The van der Waals surface area contributed by atoms with Gasteiger partial charge in [-0.15, -0.1) is 0 Å². The molecule has 2 fully saturated rings. The first kappa shape index (κ1) is 19.0. The van der Waals surface area contributed by atoms with Gasteiger partial charge in [-0.25, -0.2) is 9.69 Å². The molecule has 2 heterocycles. The largest absolute Gasteiger partial charge is 0.462 e. The van der Waals surface area contributed by atoms with Gasteiger partial charge in [-0.05, 0) is 31.2 Å². The van der Waals surface area contributed by atoms with Gasteiger partial charge in [0.05, 0.1) is 37.4 Å². The molecule has 2 saturated heterocycles. The Balaban J connectivity index is 1.69. The average molecular weight is 374 g/mol. The number of nitrogens with zero attached hydrogens (tertiary/aromatic N) is 1. The van der Waals surface area contributed by atoms with E-state index in [9.17, 15) is 19.2 Å². The molecule has 8 heteroatoms. The van der Waals surface area contributed by atoms with Gasteiger partial charge in [0.1, 0.15) is 0 Å². The van der Waals surface area contributed by atoms with Gasteiger partial charge >= 0.3 is 5.97 Å². The minimum absolute atomic E-state index is 0.146. The summed E-state index contributed by atoms with van der Waals surface area (Å²) in [6.07, 6.45) is 1.42. The summed E-state index contributed by atoms with van der Waals surface area (Å²) in [6, 6.07) is 5.83. The van der Waals surface area contributed by atoms with E-state index in [-0.39, 0.29) is 36.7 Å². The van der Waals surface area contributed by atoms with E-state index in [1.54, 1.807) is 31.2 Å². The number of piperidine rings is 1. The van der Waals surface area contributed by atoms with Crippen LogP contribution in [0.4, 0.5) is 5.69 Å². The highest BCUT2D eigenvalue weighted by Crippen LogP contribution is 2.23. The van der Waals surface area contributed by atoms with E-state index in [1.807, 2.05) is 0 Å². The summed E-state index contributed by atoms with van der Waals surface area (Å²) < 4.78 is 4.93. The number of anilines is 1. The van der Waals surface area contributed by atoms with Crippen molar-refractivity contribution >= 4 is 29.4 Å². The van der Waals surface area contributed by atoms with Gasteiger partial charge in [-0.3, -0.25) is 14.4 Å². The number of rotatable bonds is 5.